The summed E-state index contributed by atoms with van der Waals surface area (Å²) < 4.78 is 69.7. The van der Waals surface area contributed by atoms with Crippen LogP contribution in [0.5, 0.6) is 0 Å². The lowest BCUT2D eigenvalue weighted by molar-refractivity contribution is -0.137. The second-order valence-electron chi connectivity index (χ2n) is 4.98. The van der Waals surface area contributed by atoms with Gasteiger partial charge in [-0.3, -0.25) is 4.79 Å². The summed E-state index contributed by atoms with van der Waals surface area (Å²) in [6.07, 6.45) is -4.86. The summed E-state index contributed by atoms with van der Waals surface area (Å²) >= 11 is 5.83. The first-order valence-electron chi connectivity index (χ1n) is 6.79. The number of amides is 1. The fourth-order valence-electron chi connectivity index (χ4n) is 1.99. The van der Waals surface area contributed by atoms with Crippen LogP contribution in [0.1, 0.15) is 26.3 Å². The number of carbonyl (C=O) groups excluding carboxylic acids is 2. The molecular weight excluding hydrogens is 385 g/mol. The van der Waals surface area contributed by atoms with E-state index < -0.39 is 46.4 Å². The van der Waals surface area contributed by atoms with Crippen LogP contribution in [0.25, 0.3) is 0 Å². The summed E-state index contributed by atoms with van der Waals surface area (Å²) in [5, 5.41) is 1.79. The van der Waals surface area contributed by atoms with Crippen LogP contribution >= 0.6 is 11.6 Å². The van der Waals surface area contributed by atoms with Crippen LogP contribution in [0.3, 0.4) is 0 Å². The Hall–Kier alpha value is -2.68. The summed E-state index contributed by atoms with van der Waals surface area (Å²) in [4.78, 5) is 23.4. The average molecular weight is 394 g/mol. The normalized spacial score (nSPS) is 11.2. The van der Waals surface area contributed by atoms with E-state index in [2.05, 4.69) is 10.1 Å². The van der Waals surface area contributed by atoms with E-state index in [0.717, 1.165) is 13.2 Å². The monoisotopic (exact) mass is 393 g/mol. The Morgan fingerprint density at radius 2 is 1.73 bits per heavy atom. The van der Waals surface area contributed by atoms with Gasteiger partial charge < -0.3 is 10.1 Å². The zero-order chi connectivity index (χ0) is 19.6. The highest BCUT2D eigenvalue weighted by Gasteiger charge is 2.32. The minimum atomic E-state index is -4.86. The first-order valence-corrected chi connectivity index (χ1v) is 7.17. The Bertz CT molecular complexity index is 883. The van der Waals surface area contributed by atoms with Crippen LogP contribution in [0.4, 0.5) is 27.6 Å². The molecule has 10 heteroatoms. The van der Waals surface area contributed by atoms with Crippen molar-refractivity contribution in [2.45, 2.75) is 6.18 Å². The molecular formula is C16H9ClF5NO3. The number of esters is 1. The number of hydrogen-bond donors (Lipinski definition) is 1. The molecule has 0 saturated carbocycles. The molecule has 1 N–H and O–H groups in total. The Kier molecular flexibility index (Phi) is 5.50. The number of hydrogen-bond acceptors (Lipinski definition) is 3. The Balaban J connectivity index is 2.35. The van der Waals surface area contributed by atoms with Crippen molar-refractivity contribution in [3.05, 3.63) is 63.7 Å². The van der Waals surface area contributed by atoms with Crippen LogP contribution in [0, 0.1) is 11.6 Å². The number of halogens is 6. The standard InChI is InChI=1S/C16H9ClF5NO3/c1-26-15(25)10-5-11(17)13(6-12(10)19)23-14(24)7-2-8(16(20,21)22)4-9(18)3-7/h2-6H,1H3,(H,23,24). The number of anilines is 1. The van der Waals surface area contributed by atoms with E-state index in [1.54, 1.807) is 0 Å². The van der Waals surface area contributed by atoms with Gasteiger partial charge in [-0.1, -0.05) is 11.6 Å². The van der Waals surface area contributed by atoms with Gasteiger partial charge in [0.2, 0.25) is 0 Å². The van der Waals surface area contributed by atoms with E-state index in [4.69, 9.17) is 11.6 Å². The third-order valence-corrected chi connectivity index (χ3v) is 3.51. The van der Waals surface area contributed by atoms with E-state index in [1.807, 2.05) is 0 Å². The Morgan fingerprint density at radius 1 is 1.08 bits per heavy atom. The molecule has 0 bridgehead atoms. The minimum Gasteiger partial charge on any atom is -0.465 e. The summed E-state index contributed by atoms with van der Waals surface area (Å²) in [6, 6.07) is 2.82. The van der Waals surface area contributed by atoms with Gasteiger partial charge in [-0.2, -0.15) is 13.2 Å². The molecule has 2 aromatic rings. The number of rotatable bonds is 3. The molecule has 2 rings (SSSR count). The van der Waals surface area contributed by atoms with E-state index in [-0.39, 0.29) is 16.8 Å². The number of carbonyl (C=O) groups is 2. The van der Waals surface area contributed by atoms with E-state index in [1.165, 1.54) is 0 Å². The number of nitrogens with one attached hydrogen (secondary N) is 1. The van der Waals surface area contributed by atoms with Crippen LogP contribution in [0.15, 0.2) is 30.3 Å². The molecule has 0 spiro atoms. The lowest BCUT2D eigenvalue weighted by Crippen LogP contribution is -2.15. The van der Waals surface area contributed by atoms with Gasteiger partial charge in [0.1, 0.15) is 11.6 Å². The molecule has 0 atom stereocenters. The number of ether oxygens (including phenoxy) is 1. The van der Waals surface area contributed by atoms with Gasteiger partial charge in [0.25, 0.3) is 5.91 Å². The fraction of sp³-hybridized carbons (Fsp3) is 0.125. The summed E-state index contributed by atoms with van der Waals surface area (Å²) in [5.41, 5.74) is -2.83. The van der Waals surface area contributed by atoms with Gasteiger partial charge in [-0.05, 0) is 30.3 Å². The zero-order valence-electron chi connectivity index (χ0n) is 12.9. The average Bonchev–Trinajstić information content (AvgIpc) is 2.55. The number of benzene rings is 2. The SMILES string of the molecule is COC(=O)c1cc(Cl)c(NC(=O)c2cc(F)cc(C(F)(F)F)c2)cc1F. The molecule has 4 nitrogen and oxygen atoms in total. The van der Waals surface area contributed by atoms with E-state index >= 15 is 0 Å². The van der Waals surface area contributed by atoms with Gasteiger partial charge in [0, 0.05) is 5.56 Å². The fourth-order valence-corrected chi connectivity index (χ4v) is 2.20. The maximum Gasteiger partial charge on any atom is 0.416 e. The molecule has 1 amide bonds. The molecule has 0 heterocycles. The van der Waals surface area contributed by atoms with Gasteiger partial charge >= 0.3 is 12.1 Å². The third-order valence-electron chi connectivity index (χ3n) is 3.20. The van der Waals surface area contributed by atoms with Crippen molar-refractivity contribution in [1.82, 2.24) is 0 Å². The van der Waals surface area contributed by atoms with Crippen molar-refractivity contribution in [2.75, 3.05) is 12.4 Å². The van der Waals surface area contributed by atoms with Crippen molar-refractivity contribution in [3.63, 3.8) is 0 Å². The lowest BCUT2D eigenvalue weighted by atomic mass is 10.1. The second-order valence-corrected chi connectivity index (χ2v) is 5.39. The maximum absolute atomic E-state index is 13.9. The van der Waals surface area contributed by atoms with Crippen LogP contribution in [-0.2, 0) is 10.9 Å². The van der Waals surface area contributed by atoms with Gasteiger partial charge in [-0.15, -0.1) is 0 Å². The minimum absolute atomic E-state index is 0.231. The maximum atomic E-state index is 13.9. The second kappa shape index (κ2) is 7.28. The van der Waals surface area contributed by atoms with E-state index in [0.29, 0.717) is 18.2 Å². The summed E-state index contributed by atoms with van der Waals surface area (Å²) in [6.45, 7) is 0. The van der Waals surface area contributed by atoms with Gasteiger partial charge in [0.05, 0.1) is 28.9 Å². The number of alkyl halides is 3. The number of methoxy groups -OCH3 is 1. The zero-order valence-corrected chi connectivity index (χ0v) is 13.6. The molecule has 138 valence electrons. The molecule has 0 aliphatic heterocycles. The predicted octanol–water partition coefficient (Wildman–Crippen LogP) is 4.68. The van der Waals surface area contributed by atoms with Gasteiger partial charge in [-0.25, -0.2) is 13.6 Å². The van der Waals surface area contributed by atoms with Crippen molar-refractivity contribution in [2.24, 2.45) is 0 Å². The highest BCUT2D eigenvalue weighted by atomic mass is 35.5. The van der Waals surface area contributed by atoms with Crippen molar-refractivity contribution >= 4 is 29.2 Å². The predicted molar refractivity (Wildman–Crippen MR) is 82.1 cm³/mol. The van der Waals surface area contributed by atoms with Crippen LogP contribution in [0.2, 0.25) is 5.02 Å². The largest absolute Gasteiger partial charge is 0.465 e. The molecule has 0 aliphatic rings. The molecule has 0 saturated heterocycles. The molecule has 26 heavy (non-hydrogen) atoms. The van der Waals surface area contributed by atoms with Crippen molar-refractivity contribution < 1.29 is 36.3 Å². The molecule has 0 fully saturated rings. The molecule has 0 unspecified atom stereocenters. The van der Waals surface area contributed by atoms with Gasteiger partial charge in [0.15, 0.2) is 0 Å². The van der Waals surface area contributed by atoms with Crippen molar-refractivity contribution in [1.29, 1.82) is 0 Å². The molecule has 0 aromatic heterocycles. The quantitative estimate of drug-likeness (QED) is 0.608. The van der Waals surface area contributed by atoms with Crippen molar-refractivity contribution in [3.8, 4) is 0 Å². The Morgan fingerprint density at radius 3 is 2.31 bits per heavy atom. The van der Waals surface area contributed by atoms with Crippen LogP contribution < -0.4 is 5.32 Å². The lowest BCUT2D eigenvalue weighted by Gasteiger charge is -2.12. The first-order chi connectivity index (χ1) is 12.0. The summed E-state index contributed by atoms with van der Waals surface area (Å²) in [5.74, 6) is -4.51. The third kappa shape index (κ3) is 4.29. The highest BCUT2D eigenvalue weighted by Crippen LogP contribution is 2.31. The topological polar surface area (TPSA) is 55.4 Å². The summed E-state index contributed by atoms with van der Waals surface area (Å²) in [7, 11) is 1.02. The highest BCUT2D eigenvalue weighted by molar-refractivity contribution is 6.34. The smallest absolute Gasteiger partial charge is 0.416 e. The Labute approximate surface area is 148 Å². The molecule has 2 aromatic carbocycles. The molecule has 0 aliphatic carbocycles. The van der Waals surface area contributed by atoms with Crippen LogP contribution in [-0.4, -0.2) is 19.0 Å². The van der Waals surface area contributed by atoms with E-state index in [9.17, 15) is 31.5 Å². The molecule has 0 radical (unpaired) electrons. The first kappa shape index (κ1) is 19.6.